The molecule has 0 atom stereocenters. The standard InChI is InChI=1S/C9H7BrFNO/c1-12-3-2-5-4-6(11)9(13)7(10)8(5)12/h2-4,13H,1H3. The van der Waals surface area contributed by atoms with Crippen molar-refractivity contribution in [3.8, 4) is 5.75 Å². The number of nitrogens with zero attached hydrogens (tertiary/aromatic N) is 1. The van der Waals surface area contributed by atoms with Crippen molar-refractivity contribution in [3.05, 3.63) is 28.6 Å². The van der Waals surface area contributed by atoms with Crippen LogP contribution in [0.1, 0.15) is 0 Å². The van der Waals surface area contributed by atoms with E-state index in [1.54, 1.807) is 6.07 Å². The summed E-state index contributed by atoms with van der Waals surface area (Å²) in [5, 5.41) is 10.1. The van der Waals surface area contributed by atoms with E-state index in [1.165, 1.54) is 6.07 Å². The van der Waals surface area contributed by atoms with Crippen LogP contribution in [0.3, 0.4) is 0 Å². The van der Waals surface area contributed by atoms with Crippen LogP contribution in [0, 0.1) is 5.82 Å². The quantitative estimate of drug-likeness (QED) is 0.757. The summed E-state index contributed by atoms with van der Waals surface area (Å²) < 4.78 is 15.2. The van der Waals surface area contributed by atoms with E-state index in [9.17, 15) is 9.50 Å². The molecule has 0 fully saturated rings. The van der Waals surface area contributed by atoms with Gasteiger partial charge in [0.05, 0.1) is 9.99 Å². The van der Waals surface area contributed by atoms with Crippen LogP contribution in [0.5, 0.6) is 5.75 Å². The molecule has 0 saturated heterocycles. The van der Waals surface area contributed by atoms with E-state index in [0.29, 0.717) is 4.47 Å². The molecule has 68 valence electrons. The van der Waals surface area contributed by atoms with Gasteiger partial charge in [0.15, 0.2) is 11.6 Å². The van der Waals surface area contributed by atoms with Crippen LogP contribution in [0.2, 0.25) is 0 Å². The Bertz CT molecular complexity index is 478. The van der Waals surface area contributed by atoms with Crippen LogP contribution in [0.25, 0.3) is 10.9 Å². The van der Waals surface area contributed by atoms with E-state index in [4.69, 9.17) is 0 Å². The van der Waals surface area contributed by atoms with Gasteiger partial charge in [0.25, 0.3) is 0 Å². The smallest absolute Gasteiger partial charge is 0.167 e. The van der Waals surface area contributed by atoms with Crippen molar-refractivity contribution < 1.29 is 9.50 Å². The zero-order valence-corrected chi connectivity index (χ0v) is 8.47. The van der Waals surface area contributed by atoms with Gasteiger partial charge >= 0.3 is 0 Å². The Hall–Kier alpha value is -1.03. The molecule has 0 saturated carbocycles. The maximum absolute atomic E-state index is 13.0. The first-order valence-corrected chi connectivity index (χ1v) is 4.52. The third kappa shape index (κ3) is 1.13. The van der Waals surface area contributed by atoms with E-state index >= 15 is 0 Å². The highest BCUT2D eigenvalue weighted by atomic mass is 79.9. The zero-order chi connectivity index (χ0) is 9.59. The van der Waals surface area contributed by atoms with Gasteiger partial charge in [-0.3, -0.25) is 0 Å². The third-order valence-corrected chi connectivity index (χ3v) is 2.78. The maximum Gasteiger partial charge on any atom is 0.167 e. The molecule has 0 aliphatic carbocycles. The fourth-order valence-corrected chi connectivity index (χ4v) is 2.07. The van der Waals surface area contributed by atoms with Crippen LogP contribution in [-0.4, -0.2) is 9.67 Å². The number of hydrogen-bond acceptors (Lipinski definition) is 1. The number of phenols is 1. The van der Waals surface area contributed by atoms with Gasteiger partial charge in [-0.1, -0.05) is 0 Å². The lowest BCUT2D eigenvalue weighted by Crippen LogP contribution is -1.87. The highest BCUT2D eigenvalue weighted by Gasteiger charge is 2.12. The Morgan fingerprint density at radius 1 is 1.54 bits per heavy atom. The van der Waals surface area contributed by atoms with Crippen LogP contribution >= 0.6 is 15.9 Å². The SMILES string of the molecule is Cn1ccc2cc(F)c(O)c(Br)c21. The minimum absolute atomic E-state index is 0.339. The summed E-state index contributed by atoms with van der Waals surface area (Å²) in [6, 6.07) is 3.11. The summed E-state index contributed by atoms with van der Waals surface area (Å²) in [5.41, 5.74) is 0.791. The van der Waals surface area contributed by atoms with Gasteiger partial charge in [0.1, 0.15) is 0 Å². The molecule has 0 aliphatic heterocycles. The summed E-state index contributed by atoms with van der Waals surface area (Å²) in [6.45, 7) is 0. The number of hydrogen-bond donors (Lipinski definition) is 1. The molecule has 13 heavy (non-hydrogen) atoms. The molecule has 2 rings (SSSR count). The number of halogens is 2. The van der Waals surface area contributed by atoms with Crippen molar-refractivity contribution in [1.82, 2.24) is 4.57 Å². The molecule has 2 nitrogen and oxygen atoms in total. The van der Waals surface area contributed by atoms with Gasteiger partial charge in [0.2, 0.25) is 0 Å². The maximum atomic E-state index is 13.0. The summed E-state index contributed by atoms with van der Waals surface area (Å²) in [6.07, 6.45) is 1.81. The highest BCUT2D eigenvalue weighted by molar-refractivity contribution is 9.10. The first-order chi connectivity index (χ1) is 6.11. The fourth-order valence-electron chi connectivity index (χ4n) is 1.37. The largest absolute Gasteiger partial charge is 0.504 e. The van der Waals surface area contributed by atoms with Gasteiger partial charge in [0, 0.05) is 18.6 Å². The molecule has 0 spiro atoms. The van der Waals surface area contributed by atoms with E-state index in [1.807, 2.05) is 17.8 Å². The number of fused-ring (bicyclic) bond motifs is 1. The summed E-state index contributed by atoms with van der Waals surface area (Å²) >= 11 is 3.15. The minimum atomic E-state index is -0.606. The van der Waals surface area contributed by atoms with Gasteiger partial charge < -0.3 is 9.67 Å². The average molecular weight is 244 g/mol. The predicted octanol–water partition coefficient (Wildman–Crippen LogP) is 2.79. The topological polar surface area (TPSA) is 25.2 Å². The molecule has 1 heterocycles. The summed E-state index contributed by atoms with van der Waals surface area (Å²) in [7, 11) is 1.84. The molecule has 0 unspecified atom stereocenters. The second-order valence-corrected chi connectivity index (χ2v) is 3.68. The second-order valence-electron chi connectivity index (χ2n) is 2.89. The van der Waals surface area contributed by atoms with Crippen molar-refractivity contribution in [2.75, 3.05) is 0 Å². The molecule has 2 aromatic rings. The van der Waals surface area contributed by atoms with Crippen LogP contribution in [0.4, 0.5) is 4.39 Å². The van der Waals surface area contributed by atoms with Crippen molar-refractivity contribution in [1.29, 1.82) is 0 Å². The zero-order valence-electron chi connectivity index (χ0n) is 6.88. The summed E-state index contributed by atoms with van der Waals surface area (Å²) in [5.74, 6) is -0.945. The van der Waals surface area contributed by atoms with Crippen molar-refractivity contribution in [2.45, 2.75) is 0 Å². The lowest BCUT2D eigenvalue weighted by Gasteiger charge is -2.03. The monoisotopic (exact) mass is 243 g/mol. The molecule has 1 N–H and O–H groups in total. The van der Waals surface area contributed by atoms with Crippen molar-refractivity contribution in [3.63, 3.8) is 0 Å². The van der Waals surface area contributed by atoms with Crippen molar-refractivity contribution >= 4 is 26.8 Å². The third-order valence-electron chi connectivity index (χ3n) is 2.03. The molecule has 4 heteroatoms. The van der Waals surface area contributed by atoms with Crippen LogP contribution < -0.4 is 0 Å². The molecule has 0 amide bonds. The molecular weight excluding hydrogens is 237 g/mol. The van der Waals surface area contributed by atoms with E-state index < -0.39 is 5.82 Å². The molecule has 0 bridgehead atoms. The second kappa shape index (κ2) is 2.73. The number of aryl methyl sites for hydroxylation is 1. The average Bonchev–Trinajstić information content (AvgIpc) is 2.43. The normalized spacial score (nSPS) is 11.0. The lowest BCUT2D eigenvalue weighted by atomic mass is 10.2. The molecular formula is C9H7BrFNO. The van der Waals surface area contributed by atoms with Crippen LogP contribution in [0.15, 0.2) is 22.8 Å². The predicted molar refractivity (Wildman–Crippen MR) is 52.2 cm³/mol. The number of benzene rings is 1. The highest BCUT2D eigenvalue weighted by Crippen LogP contribution is 2.34. The number of aromatic nitrogens is 1. The Labute approximate surface area is 82.7 Å². The number of phenolic OH excluding ortho intramolecular Hbond substituents is 1. The van der Waals surface area contributed by atoms with Crippen LogP contribution in [-0.2, 0) is 7.05 Å². The molecule has 0 aliphatic rings. The Balaban J connectivity index is 2.97. The van der Waals surface area contributed by atoms with Gasteiger partial charge in [-0.15, -0.1) is 0 Å². The number of rotatable bonds is 0. The summed E-state index contributed by atoms with van der Waals surface area (Å²) in [4.78, 5) is 0. The fraction of sp³-hybridized carbons (Fsp3) is 0.111. The first-order valence-electron chi connectivity index (χ1n) is 3.73. The van der Waals surface area contributed by atoms with Gasteiger partial charge in [-0.25, -0.2) is 4.39 Å². The Kier molecular flexibility index (Phi) is 1.80. The van der Waals surface area contributed by atoms with Gasteiger partial charge in [-0.2, -0.15) is 0 Å². The number of aromatic hydroxyl groups is 1. The van der Waals surface area contributed by atoms with E-state index in [-0.39, 0.29) is 5.75 Å². The molecule has 1 aromatic carbocycles. The Morgan fingerprint density at radius 3 is 2.92 bits per heavy atom. The van der Waals surface area contributed by atoms with E-state index in [0.717, 1.165) is 10.9 Å². The molecule has 1 aromatic heterocycles. The Morgan fingerprint density at radius 2 is 2.23 bits per heavy atom. The van der Waals surface area contributed by atoms with Crippen molar-refractivity contribution in [2.24, 2.45) is 7.05 Å². The lowest BCUT2D eigenvalue weighted by molar-refractivity contribution is 0.430. The molecule has 0 radical (unpaired) electrons. The first kappa shape index (κ1) is 8.56. The van der Waals surface area contributed by atoms with Gasteiger partial charge in [-0.05, 0) is 28.1 Å². The minimum Gasteiger partial charge on any atom is -0.504 e. The van der Waals surface area contributed by atoms with E-state index in [2.05, 4.69) is 15.9 Å².